The Balaban J connectivity index is 1.70. The summed E-state index contributed by atoms with van der Waals surface area (Å²) in [5, 5.41) is 3.54. The summed E-state index contributed by atoms with van der Waals surface area (Å²) < 4.78 is 45.2. The highest BCUT2D eigenvalue weighted by Crippen LogP contribution is 2.30. The summed E-state index contributed by atoms with van der Waals surface area (Å²) in [4.78, 5) is 34.0. The Hall–Kier alpha value is -3.73. The molecule has 0 N–H and O–H groups in total. The van der Waals surface area contributed by atoms with Crippen LogP contribution in [-0.2, 0) is 33.6 Å². The van der Waals surface area contributed by atoms with Crippen LogP contribution in [0.4, 0.5) is 18.9 Å². The van der Waals surface area contributed by atoms with Crippen LogP contribution in [0, 0.1) is 0 Å². The first-order valence-electron chi connectivity index (χ1n) is 13.0. The van der Waals surface area contributed by atoms with Gasteiger partial charge in [0.2, 0.25) is 5.91 Å². The van der Waals surface area contributed by atoms with Crippen molar-refractivity contribution in [2.24, 2.45) is 0 Å². The molecule has 0 radical (unpaired) electrons. The van der Waals surface area contributed by atoms with Gasteiger partial charge in [-0.25, -0.2) is 0 Å². The number of nitrogens with zero attached hydrogens (tertiary/aromatic N) is 5. The lowest BCUT2D eigenvalue weighted by Gasteiger charge is -2.30. The van der Waals surface area contributed by atoms with Crippen LogP contribution in [0.2, 0.25) is 0 Å². The fourth-order valence-electron chi connectivity index (χ4n) is 4.71. The number of benzene rings is 1. The van der Waals surface area contributed by atoms with Crippen molar-refractivity contribution in [1.29, 1.82) is 0 Å². The number of ether oxygens (including phenoxy) is 1. The number of halogens is 3. The molecule has 0 saturated carbocycles. The molecule has 39 heavy (non-hydrogen) atoms. The lowest BCUT2D eigenvalue weighted by molar-refractivity contribution is -0.142. The number of rotatable bonds is 5. The molecule has 0 fully saturated rings. The minimum atomic E-state index is -4.58. The minimum Gasteiger partial charge on any atom is -0.375 e. The van der Waals surface area contributed by atoms with E-state index < -0.39 is 11.9 Å². The molecular formula is C28H32F3N5O3. The van der Waals surface area contributed by atoms with Gasteiger partial charge in [0.25, 0.3) is 5.91 Å². The maximum absolute atomic E-state index is 13.4. The first-order valence-corrected chi connectivity index (χ1v) is 13.0. The summed E-state index contributed by atoms with van der Waals surface area (Å²) in [6.45, 7) is 0.747. The molecule has 0 aliphatic carbocycles. The molecule has 1 aliphatic rings. The molecule has 3 heterocycles. The average molecular weight is 544 g/mol. The largest absolute Gasteiger partial charge is 0.435 e. The number of aromatic nitrogens is 3. The second-order valence-electron chi connectivity index (χ2n) is 9.54. The van der Waals surface area contributed by atoms with E-state index in [-0.39, 0.29) is 31.5 Å². The van der Waals surface area contributed by atoms with E-state index in [1.807, 2.05) is 30.3 Å². The van der Waals surface area contributed by atoms with Gasteiger partial charge < -0.3 is 14.5 Å². The zero-order valence-corrected chi connectivity index (χ0v) is 21.9. The normalized spacial score (nSPS) is 15.3. The summed E-state index contributed by atoms with van der Waals surface area (Å²) in [6.07, 6.45) is 4.39. The van der Waals surface area contributed by atoms with Crippen molar-refractivity contribution in [2.75, 3.05) is 31.7 Å². The molecule has 2 amide bonds. The van der Waals surface area contributed by atoms with Crippen molar-refractivity contribution in [2.45, 2.75) is 51.4 Å². The molecule has 8 nitrogen and oxygen atoms in total. The number of fused-ring (bicyclic) bond motifs is 1. The van der Waals surface area contributed by atoms with Gasteiger partial charge in [-0.15, -0.1) is 0 Å². The number of methoxy groups -OCH3 is 1. The highest BCUT2D eigenvalue weighted by molar-refractivity contribution is 5.95. The summed E-state index contributed by atoms with van der Waals surface area (Å²) in [5.41, 5.74) is 2.16. The molecule has 1 aliphatic heterocycles. The number of amides is 2. The molecule has 0 saturated heterocycles. The van der Waals surface area contributed by atoms with Crippen LogP contribution in [0.1, 0.15) is 43.4 Å². The standard InChI is InChI=1S/C28H32F3N5O3/c1-39-20-27(38)36-14-6-4-2-3-5-13-34(26(37)19-35-15-11-25(33-35)28(29,30)31)18-23-16-21(9-10-24(23)36)22-8-7-12-32-17-22/h7-12,15-17H,2-6,13-14,18-20H2,1H3. The Morgan fingerprint density at radius 1 is 0.974 bits per heavy atom. The monoisotopic (exact) mass is 543 g/mol. The van der Waals surface area contributed by atoms with Crippen LogP contribution in [-0.4, -0.2) is 58.3 Å². The van der Waals surface area contributed by atoms with Gasteiger partial charge in [0.1, 0.15) is 13.2 Å². The van der Waals surface area contributed by atoms with E-state index in [4.69, 9.17) is 4.74 Å². The van der Waals surface area contributed by atoms with E-state index >= 15 is 0 Å². The van der Waals surface area contributed by atoms with Crippen molar-refractivity contribution in [3.63, 3.8) is 0 Å². The van der Waals surface area contributed by atoms with Gasteiger partial charge in [0.05, 0.1) is 0 Å². The average Bonchev–Trinajstić information content (AvgIpc) is 3.39. The van der Waals surface area contributed by atoms with Crippen molar-refractivity contribution >= 4 is 17.5 Å². The first kappa shape index (κ1) is 28.3. The highest BCUT2D eigenvalue weighted by atomic mass is 19.4. The number of pyridine rings is 1. The first-order chi connectivity index (χ1) is 18.8. The van der Waals surface area contributed by atoms with Crippen LogP contribution in [0.25, 0.3) is 11.1 Å². The molecule has 2 aromatic heterocycles. The molecule has 4 rings (SSSR count). The number of carbonyl (C=O) groups is 2. The third kappa shape index (κ3) is 7.44. The fourth-order valence-corrected chi connectivity index (χ4v) is 4.71. The zero-order valence-electron chi connectivity index (χ0n) is 21.9. The molecule has 0 spiro atoms. The van der Waals surface area contributed by atoms with Crippen LogP contribution in [0.3, 0.4) is 0 Å². The minimum absolute atomic E-state index is 0.0761. The third-order valence-corrected chi connectivity index (χ3v) is 6.69. The van der Waals surface area contributed by atoms with E-state index in [9.17, 15) is 22.8 Å². The Labute approximate surface area is 225 Å². The Morgan fingerprint density at radius 2 is 1.74 bits per heavy atom. The van der Waals surface area contributed by atoms with E-state index in [0.29, 0.717) is 18.8 Å². The van der Waals surface area contributed by atoms with E-state index in [1.165, 1.54) is 7.11 Å². The lowest BCUT2D eigenvalue weighted by atomic mass is 10.0. The smallest absolute Gasteiger partial charge is 0.375 e. The van der Waals surface area contributed by atoms with Crippen molar-refractivity contribution in [1.82, 2.24) is 19.7 Å². The van der Waals surface area contributed by atoms with E-state index in [1.54, 1.807) is 22.2 Å². The lowest BCUT2D eigenvalue weighted by Crippen LogP contribution is -2.38. The summed E-state index contributed by atoms with van der Waals surface area (Å²) in [5.74, 6) is -0.532. The Kier molecular flexibility index (Phi) is 9.34. The number of hydrogen-bond acceptors (Lipinski definition) is 5. The van der Waals surface area contributed by atoms with E-state index in [0.717, 1.165) is 65.7 Å². The molecule has 3 aromatic rings. The molecule has 11 heteroatoms. The van der Waals surface area contributed by atoms with Gasteiger partial charge in [-0.05, 0) is 53.8 Å². The molecule has 1 aromatic carbocycles. The fraction of sp³-hybridized carbons (Fsp3) is 0.429. The zero-order chi connectivity index (χ0) is 27.8. The van der Waals surface area contributed by atoms with E-state index in [2.05, 4.69) is 10.1 Å². The van der Waals surface area contributed by atoms with Gasteiger partial charge in [-0.1, -0.05) is 31.4 Å². The molecule has 0 atom stereocenters. The predicted molar refractivity (Wildman–Crippen MR) is 140 cm³/mol. The number of anilines is 1. The van der Waals surface area contributed by atoms with Gasteiger partial charge in [0, 0.05) is 51.0 Å². The highest BCUT2D eigenvalue weighted by Gasteiger charge is 2.34. The number of hydrogen-bond donors (Lipinski definition) is 0. The Morgan fingerprint density at radius 3 is 2.44 bits per heavy atom. The molecule has 0 unspecified atom stereocenters. The summed E-state index contributed by atoms with van der Waals surface area (Å²) in [6, 6.07) is 10.4. The van der Waals surface area contributed by atoms with Crippen molar-refractivity contribution in [3.8, 4) is 11.1 Å². The second kappa shape index (κ2) is 12.9. The summed E-state index contributed by atoms with van der Waals surface area (Å²) in [7, 11) is 1.47. The maximum Gasteiger partial charge on any atom is 0.435 e. The summed E-state index contributed by atoms with van der Waals surface area (Å²) >= 11 is 0. The van der Waals surface area contributed by atoms with Gasteiger partial charge in [-0.2, -0.15) is 18.3 Å². The molecule has 208 valence electrons. The van der Waals surface area contributed by atoms with Crippen LogP contribution >= 0.6 is 0 Å². The van der Waals surface area contributed by atoms with Crippen LogP contribution < -0.4 is 4.90 Å². The maximum atomic E-state index is 13.4. The number of carbonyl (C=O) groups excluding carboxylic acids is 2. The van der Waals surface area contributed by atoms with Crippen LogP contribution in [0.15, 0.2) is 55.0 Å². The quantitative estimate of drug-likeness (QED) is 0.456. The van der Waals surface area contributed by atoms with Crippen LogP contribution in [0.5, 0.6) is 0 Å². The van der Waals surface area contributed by atoms with Crippen molar-refractivity contribution < 1.29 is 27.5 Å². The number of alkyl halides is 3. The molecule has 0 bridgehead atoms. The SMILES string of the molecule is COCC(=O)N1CCCCCCCN(C(=O)Cn2ccc(C(F)(F)F)n2)Cc2cc(-c3cccnc3)ccc21. The second-order valence-corrected chi connectivity index (χ2v) is 9.54. The predicted octanol–water partition coefficient (Wildman–Crippen LogP) is 4.94. The van der Waals surface area contributed by atoms with Gasteiger partial charge in [-0.3, -0.25) is 19.3 Å². The topological polar surface area (TPSA) is 80.6 Å². The molecular weight excluding hydrogens is 511 g/mol. The van der Waals surface area contributed by atoms with Gasteiger partial charge in [0.15, 0.2) is 5.69 Å². The Bertz CT molecular complexity index is 1260. The van der Waals surface area contributed by atoms with Gasteiger partial charge >= 0.3 is 6.18 Å². The third-order valence-electron chi connectivity index (χ3n) is 6.69. The van der Waals surface area contributed by atoms with Crippen molar-refractivity contribution in [3.05, 3.63) is 66.2 Å².